The van der Waals surface area contributed by atoms with Crippen molar-refractivity contribution in [3.63, 3.8) is 0 Å². The Morgan fingerprint density at radius 1 is 1.30 bits per heavy atom. The van der Waals surface area contributed by atoms with Gasteiger partial charge in [-0.25, -0.2) is 4.98 Å². The number of thioether (sulfide) groups is 1. The van der Waals surface area contributed by atoms with E-state index in [9.17, 15) is 14.4 Å². The first-order chi connectivity index (χ1) is 11.1. The van der Waals surface area contributed by atoms with E-state index in [1.54, 1.807) is 18.2 Å². The Morgan fingerprint density at radius 2 is 2.09 bits per heavy atom. The van der Waals surface area contributed by atoms with E-state index in [4.69, 9.17) is 5.11 Å². The molecule has 2 aromatic rings. The molecule has 2 N–H and O–H groups in total. The number of carbonyl (C=O) groups is 2. The van der Waals surface area contributed by atoms with Crippen molar-refractivity contribution in [2.75, 3.05) is 18.1 Å². The van der Waals surface area contributed by atoms with Crippen LogP contribution in [0.2, 0.25) is 0 Å². The highest BCUT2D eigenvalue weighted by Crippen LogP contribution is 2.04. The number of rotatable bonds is 8. The quantitative estimate of drug-likeness (QED) is 0.689. The summed E-state index contributed by atoms with van der Waals surface area (Å²) in [7, 11) is 0. The van der Waals surface area contributed by atoms with Gasteiger partial charge in [-0.1, -0.05) is 12.1 Å². The summed E-state index contributed by atoms with van der Waals surface area (Å²) in [6, 6.07) is 7.07. The highest BCUT2D eigenvalue weighted by molar-refractivity contribution is 7.99. The largest absolute Gasteiger partial charge is 0.481 e. The monoisotopic (exact) mass is 335 g/mol. The lowest BCUT2D eigenvalue weighted by molar-refractivity contribution is -0.133. The van der Waals surface area contributed by atoms with Crippen molar-refractivity contribution in [3.8, 4) is 0 Å². The first-order valence-electron chi connectivity index (χ1n) is 7.08. The molecule has 0 spiro atoms. The molecule has 1 amide bonds. The summed E-state index contributed by atoms with van der Waals surface area (Å²) in [4.78, 5) is 38.5. The minimum absolute atomic E-state index is 0.0218. The minimum Gasteiger partial charge on any atom is -0.481 e. The van der Waals surface area contributed by atoms with Crippen LogP contribution in [0.25, 0.3) is 10.9 Å². The second kappa shape index (κ2) is 8.33. The van der Waals surface area contributed by atoms with E-state index in [1.807, 2.05) is 6.07 Å². The number of nitrogens with one attached hydrogen (secondary N) is 1. The number of carbonyl (C=O) groups excluding carboxylic acids is 1. The third kappa shape index (κ3) is 5.10. The third-order valence-corrected chi connectivity index (χ3v) is 4.05. The maximum absolute atomic E-state index is 12.2. The van der Waals surface area contributed by atoms with Crippen LogP contribution >= 0.6 is 11.8 Å². The standard InChI is InChI=1S/C15H17N3O4S/c19-13(16-6-8-23-9-14(20)21)5-7-18-10-17-12-4-2-1-3-11(12)15(18)22/h1-4,10H,5-9H2,(H,16,19)(H,20,21). The van der Waals surface area contributed by atoms with E-state index in [0.29, 0.717) is 23.2 Å². The summed E-state index contributed by atoms with van der Waals surface area (Å²) in [5.41, 5.74) is 0.467. The molecule has 0 saturated carbocycles. The van der Waals surface area contributed by atoms with Crippen molar-refractivity contribution < 1.29 is 14.7 Å². The van der Waals surface area contributed by atoms with Crippen LogP contribution in [-0.2, 0) is 16.1 Å². The van der Waals surface area contributed by atoms with Crippen molar-refractivity contribution in [3.05, 3.63) is 40.9 Å². The van der Waals surface area contributed by atoms with Crippen LogP contribution in [0.5, 0.6) is 0 Å². The maximum Gasteiger partial charge on any atom is 0.313 e. The van der Waals surface area contributed by atoms with Gasteiger partial charge in [-0.2, -0.15) is 0 Å². The number of aliphatic carboxylic acids is 1. The van der Waals surface area contributed by atoms with Crippen LogP contribution < -0.4 is 10.9 Å². The Bertz CT molecular complexity index is 760. The first-order valence-corrected chi connectivity index (χ1v) is 8.24. The summed E-state index contributed by atoms with van der Waals surface area (Å²) < 4.78 is 1.42. The number of hydrogen-bond acceptors (Lipinski definition) is 5. The molecule has 0 aliphatic heterocycles. The van der Waals surface area contributed by atoms with Gasteiger partial charge in [-0.3, -0.25) is 19.0 Å². The molecular formula is C15H17N3O4S. The van der Waals surface area contributed by atoms with Gasteiger partial charge in [0.05, 0.1) is 23.0 Å². The van der Waals surface area contributed by atoms with E-state index >= 15 is 0 Å². The fourth-order valence-electron chi connectivity index (χ4n) is 2.00. The fraction of sp³-hybridized carbons (Fsp3) is 0.333. The van der Waals surface area contributed by atoms with Gasteiger partial charge in [-0.05, 0) is 12.1 Å². The second-order valence-corrected chi connectivity index (χ2v) is 5.91. The topological polar surface area (TPSA) is 101 Å². The minimum atomic E-state index is -0.871. The molecule has 7 nitrogen and oxygen atoms in total. The number of hydrogen-bond donors (Lipinski definition) is 2. The van der Waals surface area contributed by atoms with Gasteiger partial charge in [0.25, 0.3) is 5.56 Å². The average Bonchev–Trinajstić information content (AvgIpc) is 2.54. The van der Waals surface area contributed by atoms with Crippen molar-refractivity contribution in [1.82, 2.24) is 14.9 Å². The molecule has 0 aliphatic rings. The van der Waals surface area contributed by atoms with Crippen LogP contribution in [0.4, 0.5) is 0 Å². The molecular weight excluding hydrogens is 318 g/mol. The van der Waals surface area contributed by atoms with E-state index in [0.717, 1.165) is 0 Å². The lowest BCUT2D eigenvalue weighted by Gasteiger charge is -2.07. The van der Waals surface area contributed by atoms with Crippen LogP contribution in [0, 0.1) is 0 Å². The van der Waals surface area contributed by atoms with E-state index in [1.165, 1.54) is 22.7 Å². The number of amides is 1. The van der Waals surface area contributed by atoms with Crippen molar-refractivity contribution in [1.29, 1.82) is 0 Å². The highest BCUT2D eigenvalue weighted by Gasteiger charge is 2.06. The Morgan fingerprint density at radius 3 is 2.87 bits per heavy atom. The Kier molecular flexibility index (Phi) is 6.16. The SMILES string of the molecule is O=C(O)CSCCNC(=O)CCn1cnc2ccccc2c1=O. The zero-order chi connectivity index (χ0) is 16.7. The fourth-order valence-corrected chi connectivity index (χ4v) is 2.56. The molecule has 0 bridgehead atoms. The maximum atomic E-state index is 12.2. The molecule has 0 aliphatic carbocycles. The number of carboxylic acids is 1. The van der Waals surface area contributed by atoms with Gasteiger partial charge in [-0.15, -0.1) is 11.8 Å². The summed E-state index contributed by atoms with van der Waals surface area (Å²) >= 11 is 1.24. The van der Waals surface area contributed by atoms with Crippen LogP contribution in [0.3, 0.4) is 0 Å². The number of para-hydroxylation sites is 1. The smallest absolute Gasteiger partial charge is 0.313 e. The van der Waals surface area contributed by atoms with Gasteiger partial charge < -0.3 is 10.4 Å². The van der Waals surface area contributed by atoms with Gasteiger partial charge >= 0.3 is 5.97 Å². The van der Waals surface area contributed by atoms with Crippen molar-refractivity contribution in [2.24, 2.45) is 0 Å². The zero-order valence-electron chi connectivity index (χ0n) is 12.4. The summed E-state index contributed by atoms with van der Waals surface area (Å²) in [5.74, 6) is -0.491. The Balaban J connectivity index is 1.82. The lowest BCUT2D eigenvalue weighted by atomic mass is 10.2. The normalized spacial score (nSPS) is 10.6. The Hall–Kier alpha value is -2.35. The molecule has 0 saturated heterocycles. The van der Waals surface area contributed by atoms with Gasteiger partial charge in [0.2, 0.25) is 5.91 Å². The van der Waals surface area contributed by atoms with E-state index in [-0.39, 0.29) is 30.2 Å². The Labute approximate surface area is 136 Å². The summed E-state index contributed by atoms with van der Waals surface area (Å²) in [6.07, 6.45) is 1.62. The zero-order valence-corrected chi connectivity index (χ0v) is 13.2. The van der Waals surface area contributed by atoms with Gasteiger partial charge in [0.1, 0.15) is 0 Å². The molecule has 122 valence electrons. The van der Waals surface area contributed by atoms with Crippen LogP contribution in [0.1, 0.15) is 6.42 Å². The van der Waals surface area contributed by atoms with Gasteiger partial charge in [0, 0.05) is 25.3 Å². The van der Waals surface area contributed by atoms with Crippen molar-refractivity contribution >= 4 is 34.5 Å². The molecule has 1 heterocycles. The first kappa shape index (κ1) is 17.0. The molecule has 0 fully saturated rings. The molecule has 1 aromatic heterocycles. The summed E-state index contributed by atoms with van der Waals surface area (Å²) in [5, 5.41) is 11.7. The molecule has 8 heteroatoms. The number of aromatic nitrogens is 2. The van der Waals surface area contributed by atoms with E-state index < -0.39 is 5.97 Å². The predicted octanol–water partition coefficient (Wildman–Crippen LogP) is 0.721. The molecule has 2 rings (SSSR count). The van der Waals surface area contributed by atoms with Crippen molar-refractivity contribution in [2.45, 2.75) is 13.0 Å². The molecule has 23 heavy (non-hydrogen) atoms. The summed E-state index contributed by atoms with van der Waals surface area (Å²) in [6.45, 7) is 0.659. The number of nitrogens with zero attached hydrogens (tertiary/aromatic N) is 2. The molecule has 0 radical (unpaired) electrons. The average molecular weight is 335 g/mol. The predicted molar refractivity (Wildman–Crippen MR) is 88.6 cm³/mol. The van der Waals surface area contributed by atoms with Crippen LogP contribution in [-0.4, -0.2) is 44.6 Å². The van der Waals surface area contributed by atoms with Gasteiger partial charge in [0.15, 0.2) is 0 Å². The van der Waals surface area contributed by atoms with Crippen LogP contribution in [0.15, 0.2) is 35.4 Å². The lowest BCUT2D eigenvalue weighted by Crippen LogP contribution is -2.29. The highest BCUT2D eigenvalue weighted by atomic mass is 32.2. The number of carboxylic acid groups (broad SMARTS) is 1. The van der Waals surface area contributed by atoms with E-state index in [2.05, 4.69) is 10.3 Å². The second-order valence-electron chi connectivity index (χ2n) is 4.81. The number of benzene rings is 1. The molecule has 0 unspecified atom stereocenters. The number of fused-ring (bicyclic) bond motifs is 1. The number of aryl methyl sites for hydroxylation is 1. The molecule has 1 aromatic carbocycles. The third-order valence-electron chi connectivity index (χ3n) is 3.11. The molecule has 0 atom stereocenters.